The number of unbranched alkanes of at least 4 members (excludes halogenated alkanes) is 1. The van der Waals surface area contributed by atoms with Gasteiger partial charge in [-0.3, -0.25) is 4.79 Å². The monoisotopic (exact) mass is 175 g/mol. The molecule has 72 valence electrons. The van der Waals surface area contributed by atoms with E-state index in [9.17, 15) is 4.79 Å². The predicted octanol–water partition coefficient (Wildman–Crippen LogP) is 0.176. The standard InChI is InChI=1S/C8H17NO3/c1-11-6-4-3-5-9-7-8(10)12-2/h9H,3-7H2,1-2H3. The van der Waals surface area contributed by atoms with E-state index < -0.39 is 0 Å². The highest BCUT2D eigenvalue weighted by atomic mass is 16.5. The van der Waals surface area contributed by atoms with Gasteiger partial charge in [0.15, 0.2) is 0 Å². The van der Waals surface area contributed by atoms with Gasteiger partial charge in [-0.15, -0.1) is 0 Å². The Balaban J connectivity index is 2.95. The van der Waals surface area contributed by atoms with Crippen molar-refractivity contribution in [2.24, 2.45) is 0 Å². The van der Waals surface area contributed by atoms with E-state index in [1.807, 2.05) is 0 Å². The van der Waals surface area contributed by atoms with Crippen LogP contribution in [0.3, 0.4) is 0 Å². The van der Waals surface area contributed by atoms with Crippen molar-refractivity contribution in [1.29, 1.82) is 0 Å². The maximum Gasteiger partial charge on any atom is 0.319 e. The van der Waals surface area contributed by atoms with E-state index in [4.69, 9.17) is 4.74 Å². The highest BCUT2D eigenvalue weighted by Gasteiger charge is 1.96. The van der Waals surface area contributed by atoms with Crippen LogP contribution in [0, 0.1) is 0 Å². The SMILES string of the molecule is COCCCCNCC(=O)OC. The zero-order chi connectivity index (χ0) is 9.23. The second-order valence-electron chi connectivity index (χ2n) is 2.45. The van der Waals surface area contributed by atoms with Crippen LogP contribution in [0.15, 0.2) is 0 Å². The zero-order valence-electron chi connectivity index (χ0n) is 7.76. The zero-order valence-corrected chi connectivity index (χ0v) is 7.76. The summed E-state index contributed by atoms with van der Waals surface area (Å²) in [7, 11) is 3.07. The van der Waals surface area contributed by atoms with Crippen molar-refractivity contribution in [2.75, 3.05) is 33.9 Å². The van der Waals surface area contributed by atoms with Gasteiger partial charge in [0, 0.05) is 13.7 Å². The minimum atomic E-state index is -0.221. The first kappa shape index (κ1) is 11.4. The lowest BCUT2D eigenvalue weighted by molar-refractivity contribution is -0.139. The molecule has 0 unspecified atom stereocenters. The molecule has 0 saturated heterocycles. The lowest BCUT2D eigenvalue weighted by Crippen LogP contribution is -2.24. The van der Waals surface area contributed by atoms with Gasteiger partial charge >= 0.3 is 5.97 Å². The number of rotatable bonds is 7. The summed E-state index contributed by atoms with van der Waals surface area (Å²) in [6.07, 6.45) is 2.04. The minimum absolute atomic E-state index is 0.221. The second-order valence-corrected chi connectivity index (χ2v) is 2.45. The molecule has 0 aliphatic rings. The quantitative estimate of drug-likeness (QED) is 0.443. The van der Waals surface area contributed by atoms with Crippen LogP contribution in [0.1, 0.15) is 12.8 Å². The molecular weight excluding hydrogens is 158 g/mol. The molecule has 0 aromatic carbocycles. The molecule has 0 saturated carbocycles. The third-order valence-corrected chi connectivity index (χ3v) is 1.45. The third kappa shape index (κ3) is 7.50. The average Bonchev–Trinajstić information content (AvgIpc) is 2.10. The van der Waals surface area contributed by atoms with E-state index in [2.05, 4.69) is 10.1 Å². The van der Waals surface area contributed by atoms with Gasteiger partial charge in [-0.05, 0) is 19.4 Å². The highest BCUT2D eigenvalue weighted by molar-refractivity contribution is 5.71. The maximum absolute atomic E-state index is 10.6. The van der Waals surface area contributed by atoms with E-state index in [1.54, 1.807) is 7.11 Å². The Bertz CT molecular complexity index is 117. The van der Waals surface area contributed by atoms with Crippen LogP contribution in [-0.2, 0) is 14.3 Å². The van der Waals surface area contributed by atoms with Gasteiger partial charge < -0.3 is 14.8 Å². The number of hydrogen-bond acceptors (Lipinski definition) is 4. The Labute approximate surface area is 73.2 Å². The summed E-state index contributed by atoms with van der Waals surface area (Å²) in [5, 5.41) is 2.96. The smallest absolute Gasteiger partial charge is 0.319 e. The molecule has 0 fully saturated rings. The van der Waals surface area contributed by atoms with Crippen molar-refractivity contribution in [2.45, 2.75) is 12.8 Å². The topological polar surface area (TPSA) is 47.6 Å². The summed E-state index contributed by atoms with van der Waals surface area (Å²) in [6.45, 7) is 1.90. The molecule has 0 spiro atoms. The van der Waals surface area contributed by atoms with Gasteiger partial charge in [0.25, 0.3) is 0 Å². The number of nitrogens with one attached hydrogen (secondary N) is 1. The van der Waals surface area contributed by atoms with Crippen molar-refractivity contribution in [3.05, 3.63) is 0 Å². The molecule has 0 heterocycles. The number of ether oxygens (including phenoxy) is 2. The fourth-order valence-corrected chi connectivity index (χ4v) is 0.759. The van der Waals surface area contributed by atoms with Crippen LogP contribution in [0.2, 0.25) is 0 Å². The molecule has 0 radical (unpaired) electrons. The largest absolute Gasteiger partial charge is 0.468 e. The molecule has 0 aromatic rings. The van der Waals surface area contributed by atoms with Gasteiger partial charge in [-0.1, -0.05) is 0 Å². The van der Waals surface area contributed by atoms with Crippen LogP contribution in [0.4, 0.5) is 0 Å². The Kier molecular flexibility index (Phi) is 8.05. The Morgan fingerprint density at radius 1 is 1.33 bits per heavy atom. The minimum Gasteiger partial charge on any atom is -0.468 e. The number of hydrogen-bond donors (Lipinski definition) is 1. The molecule has 4 heteroatoms. The van der Waals surface area contributed by atoms with E-state index in [0.717, 1.165) is 26.0 Å². The number of carbonyl (C=O) groups excluding carboxylic acids is 1. The third-order valence-electron chi connectivity index (χ3n) is 1.45. The molecule has 4 nitrogen and oxygen atoms in total. The Morgan fingerprint density at radius 2 is 2.08 bits per heavy atom. The Hall–Kier alpha value is -0.610. The summed E-state index contributed by atoms with van der Waals surface area (Å²) < 4.78 is 9.32. The number of methoxy groups -OCH3 is 2. The molecule has 0 aliphatic carbocycles. The van der Waals surface area contributed by atoms with Crippen LogP contribution in [-0.4, -0.2) is 39.9 Å². The van der Waals surface area contributed by atoms with Crippen molar-refractivity contribution in [1.82, 2.24) is 5.32 Å². The van der Waals surface area contributed by atoms with Crippen molar-refractivity contribution < 1.29 is 14.3 Å². The summed E-state index contributed by atoms with van der Waals surface area (Å²) in [4.78, 5) is 10.6. The van der Waals surface area contributed by atoms with E-state index in [0.29, 0.717) is 6.54 Å². The lowest BCUT2D eigenvalue weighted by atomic mass is 10.3. The molecule has 1 N–H and O–H groups in total. The van der Waals surface area contributed by atoms with Crippen molar-refractivity contribution in [3.63, 3.8) is 0 Å². The van der Waals surface area contributed by atoms with Crippen molar-refractivity contribution in [3.8, 4) is 0 Å². The van der Waals surface area contributed by atoms with E-state index in [-0.39, 0.29) is 5.97 Å². The summed E-state index contributed by atoms with van der Waals surface area (Å²) in [5.74, 6) is -0.221. The van der Waals surface area contributed by atoms with Gasteiger partial charge in [0.05, 0.1) is 13.7 Å². The summed E-state index contributed by atoms with van der Waals surface area (Å²) in [5.41, 5.74) is 0. The number of esters is 1. The lowest BCUT2D eigenvalue weighted by Gasteiger charge is -2.02. The van der Waals surface area contributed by atoms with E-state index in [1.165, 1.54) is 7.11 Å². The predicted molar refractivity (Wildman–Crippen MR) is 46.0 cm³/mol. The van der Waals surface area contributed by atoms with Crippen LogP contribution < -0.4 is 5.32 Å². The van der Waals surface area contributed by atoms with Crippen molar-refractivity contribution >= 4 is 5.97 Å². The first-order valence-corrected chi connectivity index (χ1v) is 4.07. The second kappa shape index (κ2) is 8.49. The van der Waals surface area contributed by atoms with Crippen LogP contribution in [0.25, 0.3) is 0 Å². The van der Waals surface area contributed by atoms with Crippen LogP contribution in [0.5, 0.6) is 0 Å². The fraction of sp³-hybridized carbons (Fsp3) is 0.875. The first-order valence-electron chi connectivity index (χ1n) is 4.07. The summed E-state index contributed by atoms with van der Waals surface area (Å²) in [6, 6.07) is 0. The highest BCUT2D eigenvalue weighted by Crippen LogP contribution is 1.86. The molecule has 0 aromatic heterocycles. The molecule has 0 atom stereocenters. The molecule has 0 amide bonds. The maximum atomic E-state index is 10.6. The van der Waals surface area contributed by atoms with Gasteiger partial charge in [-0.2, -0.15) is 0 Å². The molecule has 0 bridgehead atoms. The van der Waals surface area contributed by atoms with Crippen LogP contribution >= 0.6 is 0 Å². The van der Waals surface area contributed by atoms with E-state index >= 15 is 0 Å². The number of carbonyl (C=O) groups is 1. The first-order chi connectivity index (χ1) is 5.81. The van der Waals surface area contributed by atoms with Gasteiger partial charge in [-0.25, -0.2) is 0 Å². The molecule has 0 aliphatic heterocycles. The Morgan fingerprint density at radius 3 is 2.67 bits per heavy atom. The normalized spacial score (nSPS) is 9.83. The average molecular weight is 175 g/mol. The molecule has 12 heavy (non-hydrogen) atoms. The van der Waals surface area contributed by atoms with Gasteiger partial charge in [0.1, 0.15) is 0 Å². The molecular formula is C8H17NO3. The summed E-state index contributed by atoms with van der Waals surface area (Å²) >= 11 is 0. The fourth-order valence-electron chi connectivity index (χ4n) is 0.759. The molecule has 0 rings (SSSR count). The van der Waals surface area contributed by atoms with Gasteiger partial charge in [0.2, 0.25) is 0 Å².